The number of ether oxygens (including phenoxy) is 1. The summed E-state index contributed by atoms with van der Waals surface area (Å²) in [5.74, 6) is -0.774. The lowest BCUT2D eigenvalue weighted by Crippen LogP contribution is -2.38. The minimum Gasteiger partial charge on any atom is -0.478 e. The number of aliphatic carboxylic acids is 1. The van der Waals surface area contributed by atoms with Crippen LogP contribution in [0.15, 0.2) is 56.3 Å². The van der Waals surface area contributed by atoms with Crippen molar-refractivity contribution in [2.75, 3.05) is 6.26 Å². The fourth-order valence-corrected chi connectivity index (χ4v) is 3.89. The van der Waals surface area contributed by atoms with Gasteiger partial charge >= 0.3 is 5.97 Å². The SMILES string of the molecule is CSc1ccc(C(=O)/C=C/c2cc(Br)c(OC(C)(C)C(=O)O)c(Br)c2)cc1. The standard InChI is InChI=1S/C20H18Br2O4S/c1-20(2,19(24)25)26-18-15(21)10-12(11-16(18)22)4-9-17(23)13-5-7-14(27-3)8-6-13/h4-11H,1-3H3,(H,24,25)/b9-4+. The summed E-state index contributed by atoms with van der Waals surface area (Å²) in [5.41, 5.74) is 0.00931. The van der Waals surface area contributed by atoms with Gasteiger partial charge in [0.25, 0.3) is 0 Å². The van der Waals surface area contributed by atoms with Crippen molar-refractivity contribution in [1.29, 1.82) is 0 Å². The van der Waals surface area contributed by atoms with Gasteiger partial charge in [-0.3, -0.25) is 4.79 Å². The van der Waals surface area contributed by atoms with Crippen molar-refractivity contribution < 1.29 is 19.4 Å². The van der Waals surface area contributed by atoms with Crippen molar-refractivity contribution >= 4 is 61.5 Å². The molecule has 0 aromatic heterocycles. The lowest BCUT2D eigenvalue weighted by molar-refractivity contribution is -0.152. The summed E-state index contributed by atoms with van der Waals surface area (Å²) in [6.45, 7) is 2.95. The van der Waals surface area contributed by atoms with Crippen LogP contribution in [0.1, 0.15) is 29.8 Å². The van der Waals surface area contributed by atoms with E-state index in [-0.39, 0.29) is 5.78 Å². The Morgan fingerprint density at radius 2 is 1.67 bits per heavy atom. The van der Waals surface area contributed by atoms with Crippen LogP contribution in [-0.4, -0.2) is 28.7 Å². The number of thioether (sulfide) groups is 1. The fraction of sp³-hybridized carbons (Fsp3) is 0.200. The molecule has 0 spiro atoms. The second-order valence-corrected chi connectivity index (χ2v) is 8.75. The van der Waals surface area contributed by atoms with Gasteiger partial charge in [-0.15, -0.1) is 11.8 Å². The molecule has 2 rings (SSSR count). The maximum absolute atomic E-state index is 12.3. The highest BCUT2D eigenvalue weighted by Gasteiger charge is 2.31. The lowest BCUT2D eigenvalue weighted by Gasteiger charge is -2.23. The normalized spacial score (nSPS) is 11.6. The molecule has 0 unspecified atom stereocenters. The summed E-state index contributed by atoms with van der Waals surface area (Å²) in [6.07, 6.45) is 5.19. The molecule has 0 amide bonds. The zero-order valence-corrected chi connectivity index (χ0v) is 18.9. The number of allylic oxidation sites excluding steroid dienone is 1. The Hall–Kier alpha value is -1.57. The number of hydrogen-bond acceptors (Lipinski definition) is 4. The van der Waals surface area contributed by atoms with Crippen LogP contribution < -0.4 is 4.74 Å². The Kier molecular flexibility index (Phi) is 7.31. The third-order valence-electron chi connectivity index (χ3n) is 3.69. The smallest absolute Gasteiger partial charge is 0.347 e. The van der Waals surface area contributed by atoms with Gasteiger partial charge in [-0.05, 0) is 100 Å². The summed E-state index contributed by atoms with van der Waals surface area (Å²) in [5, 5.41) is 9.22. The molecule has 0 aliphatic rings. The van der Waals surface area contributed by atoms with Crippen LogP contribution in [0.5, 0.6) is 5.75 Å². The van der Waals surface area contributed by atoms with E-state index >= 15 is 0 Å². The van der Waals surface area contributed by atoms with E-state index in [2.05, 4.69) is 31.9 Å². The first-order valence-corrected chi connectivity index (χ1v) is 10.7. The van der Waals surface area contributed by atoms with Crippen molar-refractivity contribution in [2.24, 2.45) is 0 Å². The summed E-state index contributed by atoms with van der Waals surface area (Å²) in [6, 6.07) is 11.0. The Balaban J connectivity index is 2.20. The summed E-state index contributed by atoms with van der Waals surface area (Å²) < 4.78 is 6.78. The summed E-state index contributed by atoms with van der Waals surface area (Å²) in [4.78, 5) is 24.7. The third kappa shape index (κ3) is 5.70. The van der Waals surface area contributed by atoms with E-state index in [9.17, 15) is 14.7 Å². The Labute approximate surface area is 179 Å². The molecule has 0 saturated heterocycles. The fourth-order valence-electron chi connectivity index (χ4n) is 2.10. The van der Waals surface area contributed by atoms with Gasteiger partial charge in [-0.2, -0.15) is 0 Å². The van der Waals surface area contributed by atoms with Crippen LogP contribution in [0.2, 0.25) is 0 Å². The number of carboxylic acid groups (broad SMARTS) is 1. The van der Waals surface area contributed by atoms with Gasteiger partial charge in [0, 0.05) is 10.5 Å². The van der Waals surface area contributed by atoms with E-state index < -0.39 is 11.6 Å². The number of ketones is 1. The summed E-state index contributed by atoms with van der Waals surface area (Å²) in [7, 11) is 0. The van der Waals surface area contributed by atoms with E-state index in [1.165, 1.54) is 19.9 Å². The molecule has 0 radical (unpaired) electrons. The molecular formula is C20H18Br2O4S. The number of carbonyl (C=O) groups is 2. The molecular weight excluding hydrogens is 496 g/mol. The van der Waals surface area contributed by atoms with E-state index in [4.69, 9.17) is 4.74 Å². The predicted molar refractivity (Wildman–Crippen MR) is 116 cm³/mol. The molecule has 0 bridgehead atoms. The molecule has 142 valence electrons. The molecule has 7 heteroatoms. The molecule has 0 aliphatic carbocycles. The first-order valence-electron chi connectivity index (χ1n) is 7.92. The number of rotatable bonds is 7. The van der Waals surface area contributed by atoms with Crippen LogP contribution >= 0.6 is 43.6 Å². The quantitative estimate of drug-likeness (QED) is 0.276. The number of halogens is 2. The maximum Gasteiger partial charge on any atom is 0.347 e. The van der Waals surface area contributed by atoms with Crippen molar-refractivity contribution in [1.82, 2.24) is 0 Å². The summed E-state index contributed by atoms with van der Waals surface area (Å²) >= 11 is 8.42. The average Bonchev–Trinajstić information content (AvgIpc) is 2.62. The van der Waals surface area contributed by atoms with Crippen LogP contribution in [0.25, 0.3) is 6.08 Å². The first kappa shape index (κ1) is 21.7. The highest BCUT2D eigenvalue weighted by atomic mass is 79.9. The van der Waals surface area contributed by atoms with E-state index in [1.54, 1.807) is 42.1 Å². The zero-order chi connectivity index (χ0) is 20.2. The van der Waals surface area contributed by atoms with Gasteiger partial charge in [-0.25, -0.2) is 4.79 Å². The van der Waals surface area contributed by atoms with Crippen LogP contribution in [-0.2, 0) is 4.79 Å². The second kappa shape index (κ2) is 9.08. The molecule has 0 aliphatic heterocycles. The topological polar surface area (TPSA) is 63.6 Å². The molecule has 0 atom stereocenters. The Morgan fingerprint density at radius 3 is 2.15 bits per heavy atom. The number of hydrogen-bond donors (Lipinski definition) is 1. The number of carbonyl (C=O) groups excluding carboxylic acids is 1. The molecule has 1 N–H and O–H groups in total. The minimum absolute atomic E-state index is 0.0952. The maximum atomic E-state index is 12.3. The number of benzene rings is 2. The molecule has 4 nitrogen and oxygen atoms in total. The van der Waals surface area contributed by atoms with Crippen LogP contribution in [0.4, 0.5) is 0 Å². The molecule has 0 heterocycles. The van der Waals surface area contributed by atoms with Gasteiger partial charge in [0.15, 0.2) is 11.4 Å². The molecule has 2 aromatic rings. The Morgan fingerprint density at radius 1 is 1.11 bits per heavy atom. The van der Waals surface area contributed by atoms with Gasteiger partial charge in [0.1, 0.15) is 5.75 Å². The minimum atomic E-state index is -1.37. The molecule has 27 heavy (non-hydrogen) atoms. The molecule has 2 aromatic carbocycles. The molecule has 0 saturated carbocycles. The first-order chi connectivity index (χ1) is 12.6. The van der Waals surface area contributed by atoms with E-state index in [1.807, 2.05) is 18.4 Å². The average molecular weight is 514 g/mol. The van der Waals surface area contributed by atoms with Crippen molar-refractivity contribution in [3.63, 3.8) is 0 Å². The van der Waals surface area contributed by atoms with Crippen LogP contribution in [0, 0.1) is 0 Å². The van der Waals surface area contributed by atoms with Gasteiger partial charge in [0.05, 0.1) is 8.95 Å². The van der Waals surface area contributed by atoms with E-state index in [0.717, 1.165) is 10.5 Å². The van der Waals surface area contributed by atoms with Gasteiger partial charge < -0.3 is 9.84 Å². The number of carboxylic acids is 1. The van der Waals surface area contributed by atoms with Gasteiger partial charge in [0.2, 0.25) is 0 Å². The van der Waals surface area contributed by atoms with Crippen molar-refractivity contribution in [2.45, 2.75) is 24.3 Å². The monoisotopic (exact) mass is 512 g/mol. The van der Waals surface area contributed by atoms with Gasteiger partial charge in [-0.1, -0.05) is 6.08 Å². The third-order valence-corrected chi connectivity index (χ3v) is 5.62. The molecule has 0 fully saturated rings. The largest absolute Gasteiger partial charge is 0.478 e. The Bertz CT molecular complexity index is 866. The zero-order valence-electron chi connectivity index (χ0n) is 15.0. The second-order valence-electron chi connectivity index (χ2n) is 6.16. The van der Waals surface area contributed by atoms with E-state index in [0.29, 0.717) is 20.3 Å². The van der Waals surface area contributed by atoms with Crippen molar-refractivity contribution in [3.8, 4) is 5.75 Å². The predicted octanol–water partition coefficient (Wildman–Crippen LogP) is 6.07. The van der Waals surface area contributed by atoms with Crippen molar-refractivity contribution in [3.05, 3.63) is 62.5 Å². The highest BCUT2D eigenvalue weighted by molar-refractivity contribution is 9.11. The van der Waals surface area contributed by atoms with Crippen LogP contribution in [0.3, 0.4) is 0 Å². The lowest BCUT2D eigenvalue weighted by atomic mass is 10.1. The highest BCUT2D eigenvalue weighted by Crippen LogP contribution is 2.37.